The first-order chi connectivity index (χ1) is 8.16. The van der Waals surface area contributed by atoms with Crippen molar-refractivity contribution in [3.8, 4) is 5.75 Å². The van der Waals surface area contributed by atoms with E-state index < -0.39 is 0 Å². The molecule has 0 fully saturated rings. The molecule has 6 nitrogen and oxygen atoms in total. The molecule has 1 heterocycles. The van der Waals surface area contributed by atoms with Crippen LogP contribution >= 0.6 is 0 Å². The topological polar surface area (TPSA) is 82.1 Å². The third kappa shape index (κ3) is 2.60. The van der Waals surface area contributed by atoms with Crippen molar-refractivity contribution in [1.29, 1.82) is 0 Å². The number of H-pyrrole nitrogens is 1. The minimum atomic E-state index is -0.226. The molecule has 1 aromatic carbocycles. The molecule has 0 spiro atoms. The van der Waals surface area contributed by atoms with E-state index in [1.807, 2.05) is 0 Å². The van der Waals surface area contributed by atoms with Gasteiger partial charge >= 0.3 is 0 Å². The number of hydrogen-bond donors (Lipinski definition) is 2. The number of nitrogens with one attached hydrogen (secondary N) is 1. The van der Waals surface area contributed by atoms with Crippen molar-refractivity contribution >= 4 is 5.91 Å². The van der Waals surface area contributed by atoms with Crippen LogP contribution in [0.3, 0.4) is 0 Å². The van der Waals surface area contributed by atoms with Crippen LogP contribution in [-0.2, 0) is 6.54 Å². The van der Waals surface area contributed by atoms with Gasteiger partial charge in [-0.1, -0.05) is 12.1 Å². The molecule has 0 unspecified atom stereocenters. The van der Waals surface area contributed by atoms with Crippen LogP contribution in [0.15, 0.2) is 30.6 Å². The summed E-state index contributed by atoms with van der Waals surface area (Å²) in [6, 6.07) is 6.70. The molecular formula is C11H12N4O2. The Kier molecular flexibility index (Phi) is 3.04. The van der Waals surface area contributed by atoms with Gasteiger partial charge in [0.25, 0.3) is 5.91 Å². The maximum absolute atomic E-state index is 11.8. The van der Waals surface area contributed by atoms with Crippen LogP contribution in [-0.4, -0.2) is 38.1 Å². The summed E-state index contributed by atoms with van der Waals surface area (Å²) in [5.74, 6) is 0.194. The first-order valence-corrected chi connectivity index (χ1v) is 5.05. The zero-order chi connectivity index (χ0) is 12.3. The van der Waals surface area contributed by atoms with Crippen LogP contribution in [0.25, 0.3) is 0 Å². The van der Waals surface area contributed by atoms with Gasteiger partial charge in [0, 0.05) is 13.6 Å². The van der Waals surface area contributed by atoms with Crippen molar-refractivity contribution in [3.63, 3.8) is 0 Å². The molecule has 0 aliphatic rings. The van der Waals surface area contributed by atoms with E-state index in [0.717, 1.165) is 5.56 Å². The lowest BCUT2D eigenvalue weighted by Gasteiger charge is -2.15. The average molecular weight is 232 g/mol. The summed E-state index contributed by atoms with van der Waals surface area (Å²) < 4.78 is 0. The monoisotopic (exact) mass is 232 g/mol. The van der Waals surface area contributed by atoms with E-state index in [9.17, 15) is 4.79 Å². The third-order valence-corrected chi connectivity index (χ3v) is 2.32. The van der Waals surface area contributed by atoms with Gasteiger partial charge in [-0.25, -0.2) is 4.98 Å². The highest BCUT2D eigenvalue weighted by Crippen LogP contribution is 2.11. The summed E-state index contributed by atoms with van der Waals surface area (Å²) in [6.07, 6.45) is 1.29. The van der Waals surface area contributed by atoms with Crippen molar-refractivity contribution in [2.24, 2.45) is 0 Å². The molecule has 1 amide bonds. The SMILES string of the molecule is CN(Cc1ccc(O)cc1)C(=O)c1ncn[nH]1. The Bertz CT molecular complexity index is 493. The molecule has 2 N–H and O–H groups in total. The molecule has 0 aliphatic carbocycles. The van der Waals surface area contributed by atoms with Gasteiger partial charge in [0.1, 0.15) is 12.1 Å². The first-order valence-electron chi connectivity index (χ1n) is 5.05. The second-order valence-corrected chi connectivity index (χ2v) is 3.66. The van der Waals surface area contributed by atoms with Crippen LogP contribution in [0.2, 0.25) is 0 Å². The van der Waals surface area contributed by atoms with Gasteiger partial charge in [0.2, 0.25) is 5.82 Å². The predicted octanol–water partition coefficient (Wildman–Crippen LogP) is 0.782. The molecule has 0 saturated carbocycles. The van der Waals surface area contributed by atoms with E-state index in [2.05, 4.69) is 15.2 Å². The van der Waals surface area contributed by atoms with Gasteiger partial charge < -0.3 is 10.0 Å². The van der Waals surface area contributed by atoms with E-state index in [0.29, 0.717) is 6.54 Å². The second kappa shape index (κ2) is 4.65. The van der Waals surface area contributed by atoms with E-state index in [1.165, 1.54) is 11.2 Å². The van der Waals surface area contributed by atoms with Crippen LogP contribution in [0, 0.1) is 0 Å². The van der Waals surface area contributed by atoms with Gasteiger partial charge in [-0.15, -0.1) is 0 Å². The summed E-state index contributed by atoms with van der Waals surface area (Å²) >= 11 is 0. The third-order valence-electron chi connectivity index (χ3n) is 2.32. The maximum atomic E-state index is 11.8. The number of rotatable bonds is 3. The lowest BCUT2D eigenvalue weighted by molar-refractivity contribution is 0.0773. The Labute approximate surface area is 97.9 Å². The summed E-state index contributed by atoms with van der Waals surface area (Å²) in [4.78, 5) is 17.1. The second-order valence-electron chi connectivity index (χ2n) is 3.66. The fraction of sp³-hybridized carbons (Fsp3) is 0.182. The minimum absolute atomic E-state index is 0.206. The van der Waals surface area contributed by atoms with Gasteiger partial charge in [0.15, 0.2) is 0 Å². The van der Waals surface area contributed by atoms with E-state index in [4.69, 9.17) is 5.11 Å². The molecule has 0 bridgehead atoms. The molecule has 6 heteroatoms. The van der Waals surface area contributed by atoms with Crippen LogP contribution in [0.4, 0.5) is 0 Å². The standard InChI is InChI=1S/C11H12N4O2/c1-15(11(17)10-12-7-13-14-10)6-8-2-4-9(16)5-3-8/h2-5,7,16H,6H2,1H3,(H,12,13,14). The summed E-state index contributed by atoms with van der Waals surface area (Å²) in [6.45, 7) is 0.444. The normalized spacial score (nSPS) is 10.2. The van der Waals surface area contributed by atoms with E-state index in [-0.39, 0.29) is 17.5 Å². The largest absolute Gasteiger partial charge is 0.508 e. The Balaban J connectivity index is 2.04. The summed E-state index contributed by atoms with van der Waals surface area (Å²) in [7, 11) is 1.68. The molecule has 0 aliphatic heterocycles. The van der Waals surface area contributed by atoms with Gasteiger partial charge in [0.05, 0.1) is 0 Å². The Hall–Kier alpha value is -2.37. The number of amides is 1. The number of aromatic hydroxyl groups is 1. The number of phenolic OH excluding ortho intramolecular Hbond substituents is 1. The van der Waals surface area contributed by atoms with E-state index in [1.54, 1.807) is 31.3 Å². The molecular weight excluding hydrogens is 220 g/mol. The fourth-order valence-corrected chi connectivity index (χ4v) is 1.44. The van der Waals surface area contributed by atoms with Crippen molar-refractivity contribution < 1.29 is 9.90 Å². The summed E-state index contributed by atoms with van der Waals surface area (Å²) in [5.41, 5.74) is 0.929. The van der Waals surface area contributed by atoms with E-state index >= 15 is 0 Å². The highest BCUT2D eigenvalue weighted by atomic mass is 16.3. The minimum Gasteiger partial charge on any atom is -0.508 e. The van der Waals surface area contributed by atoms with Gasteiger partial charge in [-0.05, 0) is 17.7 Å². The quantitative estimate of drug-likeness (QED) is 0.819. The number of carbonyl (C=O) groups excluding carboxylic acids is 1. The lowest BCUT2D eigenvalue weighted by atomic mass is 10.2. The molecule has 88 valence electrons. The smallest absolute Gasteiger partial charge is 0.291 e. The maximum Gasteiger partial charge on any atom is 0.291 e. The lowest BCUT2D eigenvalue weighted by Crippen LogP contribution is -2.27. The van der Waals surface area contributed by atoms with Crippen LogP contribution in [0.5, 0.6) is 5.75 Å². The fourth-order valence-electron chi connectivity index (χ4n) is 1.44. The highest BCUT2D eigenvalue weighted by molar-refractivity contribution is 5.90. The summed E-state index contributed by atoms with van der Waals surface area (Å²) in [5, 5.41) is 15.3. The van der Waals surface area contributed by atoms with Crippen molar-refractivity contribution in [1.82, 2.24) is 20.1 Å². The van der Waals surface area contributed by atoms with Crippen LogP contribution in [0.1, 0.15) is 16.2 Å². The first kappa shape index (κ1) is 11.1. The number of phenols is 1. The van der Waals surface area contributed by atoms with Crippen molar-refractivity contribution in [2.45, 2.75) is 6.54 Å². The Morgan fingerprint density at radius 1 is 1.41 bits per heavy atom. The number of aromatic nitrogens is 3. The predicted molar refractivity (Wildman–Crippen MR) is 60.3 cm³/mol. The zero-order valence-electron chi connectivity index (χ0n) is 9.29. The molecule has 17 heavy (non-hydrogen) atoms. The molecule has 0 atom stereocenters. The Morgan fingerprint density at radius 3 is 2.71 bits per heavy atom. The number of nitrogens with zero attached hydrogens (tertiary/aromatic N) is 3. The molecule has 1 aromatic heterocycles. The van der Waals surface area contributed by atoms with Crippen LogP contribution < -0.4 is 0 Å². The molecule has 0 saturated heterocycles. The number of benzene rings is 1. The molecule has 2 rings (SSSR count). The highest BCUT2D eigenvalue weighted by Gasteiger charge is 2.14. The van der Waals surface area contributed by atoms with Gasteiger partial charge in [-0.3, -0.25) is 9.89 Å². The Morgan fingerprint density at radius 2 is 2.12 bits per heavy atom. The zero-order valence-corrected chi connectivity index (χ0v) is 9.29. The van der Waals surface area contributed by atoms with Gasteiger partial charge in [-0.2, -0.15) is 5.10 Å². The number of hydrogen-bond acceptors (Lipinski definition) is 4. The number of carbonyl (C=O) groups is 1. The number of aromatic amines is 1. The molecule has 0 radical (unpaired) electrons. The average Bonchev–Trinajstić information content (AvgIpc) is 2.84. The van der Waals surface area contributed by atoms with Crippen molar-refractivity contribution in [2.75, 3.05) is 7.05 Å². The van der Waals surface area contributed by atoms with Crippen molar-refractivity contribution in [3.05, 3.63) is 42.0 Å². The molecule has 2 aromatic rings.